The zero-order chi connectivity index (χ0) is 18.7. The van der Waals surface area contributed by atoms with E-state index in [1.54, 1.807) is 0 Å². The highest BCUT2D eigenvalue weighted by Crippen LogP contribution is 2.35. The van der Waals surface area contributed by atoms with Gasteiger partial charge >= 0.3 is 5.97 Å². The molecule has 0 aromatic rings. The van der Waals surface area contributed by atoms with Crippen LogP contribution in [0.1, 0.15) is 65.7 Å². The van der Waals surface area contributed by atoms with Crippen LogP contribution in [0, 0.1) is 17.3 Å². The Hall–Kier alpha value is -0.740. The Balaban J connectivity index is 2.41. The number of aliphatic carboxylic acids is 1. The van der Waals surface area contributed by atoms with Crippen molar-refractivity contribution in [2.45, 2.75) is 71.8 Å². The molecule has 0 bridgehead atoms. The predicted octanol–water partition coefficient (Wildman–Crippen LogP) is 5.30. The van der Waals surface area contributed by atoms with Crippen molar-refractivity contribution >= 4 is 17.7 Å². The molecular formula is C21H36O3S. The lowest BCUT2D eigenvalue weighted by molar-refractivity contribution is -0.137. The summed E-state index contributed by atoms with van der Waals surface area (Å²) in [5, 5.41) is 19.1. The minimum Gasteiger partial charge on any atom is -0.481 e. The lowest BCUT2D eigenvalue weighted by atomic mass is 9.80. The second-order valence-corrected chi connectivity index (χ2v) is 8.95. The smallest absolute Gasteiger partial charge is 0.303 e. The number of carbonyl (C=O) groups is 1. The summed E-state index contributed by atoms with van der Waals surface area (Å²) >= 11 is 1.99. The highest BCUT2D eigenvalue weighted by Gasteiger charge is 2.28. The summed E-state index contributed by atoms with van der Waals surface area (Å²) in [7, 11) is 0. The van der Waals surface area contributed by atoms with Gasteiger partial charge < -0.3 is 10.2 Å². The van der Waals surface area contributed by atoms with Gasteiger partial charge in [-0.2, -0.15) is 11.8 Å². The quantitative estimate of drug-likeness (QED) is 0.362. The second kappa shape index (κ2) is 11.8. The van der Waals surface area contributed by atoms with Crippen molar-refractivity contribution in [2.24, 2.45) is 17.3 Å². The van der Waals surface area contributed by atoms with Crippen molar-refractivity contribution in [2.75, 3.05) is 11.5 Å². The number of hydrogen-bond donors (Lipinski definition) is 2. The molecule has 1 fully saturated rings. The van der Waals surface area contributed by atoms with Crippen LogP contribution in [0.4, 0.5) is 0 Å². The lowest BCUT2D eigenvalue weighted by Crippen LogP contribution is -2.27. The SMILES string of the molecule is CCCCC(C)(C)C(O)/C=C/[C@@H]1CSC[C@@H]1C/C=C\CCCC(=O)O. The van der Waals surface area contributed by atoms with Crippen LogP contribution < -0.4 is 0 Å². The number of unbranched alkanes of at least 4 members (excludes halogenated alkanes) is 2. The molecule has 0 amide bonds. The molecule has 3 nitrogen and oxygen atoms in total. The molecule has 1 rings (SSSR count). The standard InChI is InChI=1S/C21H36O3S/c1-4-5-14-21(2,3)19(22)13-12-18-16-25-15-17(18)10-8-6-7-9-11-20(23)24/h6,8,12-13,17-19,22H,4-5,7,9-11,14-16H2,1-3H3,(H,23,24)/b8-6-,13-12+/t17-,18+,19?/m0/s1. The number of carboxylic acids is 1. The summed E-state index contributed by atoms with van der Waals surface area (Å²) in [4.78, 5) is 10.5. The van der Waals surface area contributed by atoms with Crippen molar-refractivity contribution in [3.8, 4) is 0 Å². The molecule has 4 heteroatoms. The molecule has 1 heterocycles. The fourth-order valence-electron chi connectivity index (χ4n) is 3.12. The van der Waals surface area contributed by atoms with Crippen LogP contribution in [0.25, 0.3) is 0 Å². The number of thioether (sulfide) groups is 1. The van der Waals surface area contributed by atoms with Gasteiger partial charge in [-0.25, -0.2) is 0 Å². The third-order valence-corrected chi connectivity index (χ3v) is 6.42. The first-order chi connectivity index (χ1) is 11.9. The van der Waals surface area contributed by atoms with E-state index in [0.717, 1.165) is 31.4 Å². The van der Waals surface area contributed by atoms with Gasteiger partial charge in [0.25, 0.3) is 0 Å². The van der Waals surface area contributed by atoms with E-state index in [9.17, 15) is 9.90 Å². The van der Waals surface area contributed by atoms with Crippen molar-refractivity contribution in [1.82, 2.24) is 0 Å². The Morgan fingerprint density at radius 2 is 2.04 bits per heavy atom. The monoisotopic (exact) mass is 368 g/mol. The average Bonchev–Trinajstić information content (AvgIpc) is 3.01. The summed E-state index contributed by atoms with van der Waals surface area (Å²) in [6, 6.07) is 0. The molecule has 0 spiro atoms. The summed E-state index contributed by atoms with van der Waals surface area (Å²) in [5.74, 6) is 2.75. The molecule has 0 aliphatic carbocycles. The molecule has 1 aliphatic rings. The van der Waals surface area contributed by atoms with Crippen LogP contribution in [0.3, 0.4) is 0 Å². The Morgan fingerprint density at radius 1 is 1.28 bits per heavy atom. The normalized spacial score (nSPS) is 22.9. The molecule has 1 saturated heterocycles. The van der Waals surface area contributed by atoms with E-state index in [0.29, 0.717) is 18.3 Å². The maximum absolute atomic E-state index is 10.5. The molecule has 1 aliphatic heterocycles. The molecule has 0 aromatic heterocycles. The number of carboxylic acid groups (broad SMARTS) is 1. The van der Waals surface area contributed by atoms with Gasteiger partial charge in [0.15, 0.2) is 0 Å². The molecule has 25 heavy (non-hydrogen) atoms. The Kier molecular flexibility index (Phi) is 10.5. The van der Waals surface area contributed by atoms with Gasteiger partial charge in [0.1, 0.15) is 0 Å². The largest absolute Gasteiger partial charge is 0.481 e. The van der Waals surface area contributed by atoms with Gasteiger partial charge in [-0.05, 0) is 54.4 Å². The fraction of sp³-hybridized carbons (Fsp3) is 0.762. The fourth-order valence-corrected chi connectivity index (χ4v) is 4.60. The molecule has 1 unspecified atom stereocenters. The zero-order valence-corrected chi connectivity index (χ0v) is 16.9. The summed E-state index contributed by atoms with van der Waals surface area (Å²) in [6.07, 6.45) is 14.4. The summed E-state index contributed by atoms with van der Waals surface area (Å²) in [5.41, 5.74) is -0.0577. The first kappa shape index (κ1) is 22.3. The van der Waals surface area contributed by atoms with Gasteiger partial charge in [0, 0.05) is 6.42 Å². The minimum absolute atomic E-state index is 0.0577. The van der Waals surface area contributed by atoms with Crippen LogP contribution in [-0.2, 0) is 4.79 Å². The molecule has 0 aromatic carbocycles. The Labute approximate surface area is 158 Å². The van der Waals surface area contributed by atoms with E-state index in [-0.39, 0.29) is 17.9 Å². The summed E-state index contributed by atoms with van der Waals surface area (Å²) < 4.78 is 0. The van der Waals surface area contributed by atoms with Gasteiger partial charge in [-0.3, -0.25) is 4.79 Å². The number of allylic oxidation sites excluding steroid dienone is 3. The topological polar surface area (TPSA) is 57.5 Å². The first-order valence-corrected chi connectivity index (χ1v) is 10.8. The van der Waals surface area contributed by atoms with Crippen LogP contribution in [0.15, 0.2) is 24.3 Å². The number of aliphatic hydroxyl groups excluding tert-OH is 1. The summed E-state index contributed by atoms with van der Waals surface area (Å²) in [6.45, 7) is 6.49. The van der Waals surface area contributed by atoms with Gasteiger partial charge in [-0.1, -0.05) is 57.9 Å². The van der Waals surface area contributed by atoms with Crippen LogP contribution >= 0.6 is 11.8 Å². The first-order valence-electron chi connectivity index (χ1n) is 9.67. The van der Waals surface area contributed by atoms with E-state index < -0.39 is 5.97 Å². The zero-order valence-electron chi connectivity index (χ0n) is 16.1. The van der Waals surface area contributed by atoms with Gasteiger partial charge in [0.05, 0.1) is 6.10 Å². The van der Waals surface area contributed by atoms with Crippen molar-refractivity contribution in [3.63, 3.8) is 0 Å². The van der Waals surface area contributed by atoms with Crippen LogP contribution in [-0.4, -0.2) is 33.8 Å². The van der Waals surface area contributed by atoms with Crippen molar-refractivity contribution < 1.29 is 15.0 Å². The van der Waals surface area contributed by atoms with Crippen LogP contribution in [0.5, 0.6) is 0 Å². The van der Waals surface area contributed by atoms with E-state index in [1.165, 1.54) is 12.2 Å². The van der Waals surface area contributed by atoms with Gasteiger partial charge in [-0.15, -0.1) is 0 Å². The highest BCUT2D eigenvalue weighted by molar-refractivity contribution is 7.99. The second-order valence-electron chi connectivity index (χ2n) is 7.88. The average molecular weight is 369 g/mol. The molecule has 144 valence electrons. The molecule has 2 N–H and O–H groups in total. The molecular weight excluding hydrogens is 332 g/mol. The Bertz CT molecular complexity index is 442. The van der Waals surface area contributed by atoms with Crippen molar-refractivity contribution in [3.05, 3.63) is 24.3 Å². The third-order valence-electron chi connectivity index (χ3n) is 5.13. The number of hydrogen-bond acceptors (Lipinski definition) is 3. The minimum atomic E-state index is -0.716. The maximum Gasteiger partial charge on any atom is 0.303 e. The van der Waals surface area contributed by atoms with E-state index in [1.807, 2.05) is 17.8 Å². The third kappa shape index (κ3) is 8.96. The van der Waals surface area contributed by atoms with E-state index >= 15 is 0 Å². The lowest BCUT2D eigenvalue weighted by Gasteiger charge is -2.29. The highest BCUT2D eigenvalue weighted by atomic mass is 32.2. The number of aliphatic hydroxyl groups is 1. The predicted molar refractivity (Wildman–Crippen MR) is 108 cm³/mol. The van der Waals surface area contributed by atoms with Crippen molar-refractivity contribution in [1.29, 1.82) is 0 Å². The maximum atomic E-state index is 10.5. The number of rotatable bonds is 12. The molecule has 0 radical (unpaired) electrons. The molecule has 3 atom stereocenters. The van der Waals surface area contributed by atoms with E-state index in [4.69, 9.17) is 5.11 Å². The Morgan fingerprint density at radius 3 is 2.72 bits per heavy atom. The van der Waals surface area contributed by atoms with E-state index in [2.05, 4.69) is 39.0 Å². The van der Waals surface area contributed by atoms with Crippen LogP contribution in [0.2, 0.25) is 0 Å². The molecule has 0 saturated carbocycles. The van der Waals surface area contributed by atoms with Gasteiger partial charge in [0.2, 0.25) is 0 Å².